The summed E-state index contributed by atoms with van der Waals surface area (Å²) in [6, 6.07) is 9.80. The van der Waals surface area contributed by atoms with E-state index in [1.165, 1.54) is 12.7 Å². The van der Waals surface area contributed by atoms with E-state index < -0.39 is 10.8 Å². The number of hydrogen-bond donors (Lipinski definition) is 1. The SMILES string of the molecule is O=[S@](c1cnc2c(cnn2-c2cccc(-c3ncn[nH]3)c2)c1)C1CCC1. The number of benzene rings is 1. The van der Waals surface area contributed by atoms with Gasteiger partial charge in [0.2, 0.25) is 0 Å². The van der Waals surface area contributed by atoms with E-state index in [9.17, 15) is 4.21 Å². The lowest BCUT2D eigenvalue weighted by molar-refractivity contribution is 0.505. The van der Waals surface area contributed by atoms with Crippen molar-refractivity contribution in [2.75, 3.05) is 0 Å². The monoisotopic (exact) mass is 364 g/mol. The molecule has 0 aliphatic heterocycles. The smallest absolute Gasteiger partial charge is 0.162 e. The highest BCUT2D eigenvalue weighted by atomic mass is 32.2. The van der Waals surface area contributed by atoms with Gasteiger partial charge >= 0.3 is 0 Å². The summed E-state index contributed by atoms with van der Waals surface area (Å²) in [5, 5.41) is 12.4. The fourth-order valence-electron chi connectivity index (χ4n) is 3.11. The zero-order chi connectivity index (χ0) is 17.5. The molecule has 130 valence electrons. The molecule has 26 heavy (non-hydrogen) atoms. The Hall–Kier alpha value is -2.87. The van der Waals surface area contributed by atoms with Crippen molar-refractivity contribution in [2.45, 2.75) is 29.4 Å². The van der Waals surface area contributed by atoms with Gasteiger partial charge in [0.15, 0.2) is 11.5 Å². The molecule has 1 aliphatic rings. The van der Waals surface area contributed by atoms with E-state index in [0.29, 0.717) is 5.82 Å². The average molecular weight is 364 g/mol. The van der Waals surface area contributed by atoms with Crippen molar-refractivity contribution in [3.05, 3.63) is 49.1 Å². The predicted molar refractivity (Wildman–Crippen MR) is 98.3 cm³/mol. The lowest BCUT2D eigenvalue weighted by atomic mass is 10.0. The number of fused-ring (bicyclic) bond motifs is 1. The Bertz CT molecular complexity index is 1100. The first-order valence-electron chi connectivity index (χ1n) is 8.50. The number of nitrogens with one attached hydrogen (secondary N) is 1. The zero-order valence-electron chi connectivity index (χ0n) is 13.9. The summed E-state index contributed by atoms with van der Waals surface area (Å²) >= 11 is 0. The van der Waals surface area contributed by atoms with E-state index in [0.717, 1.165) is 40.0 Å². The Morgan fingerprint density at radius 1 is 1.15 bits per heavy atom. The molecule has 0 amide bonds. The van der Waals surface area contributed by atoms with Gasteiger partial charge in [-0.2, -0.15) is 10.2 Å². The molecule has 8 heteroatoms. The number of pyridine rings is 1. The van der Waals surface area contributed by atoms with Crippen LogP contribution in [0.2, 0.25) is 0 Å². The van der Waals surface area contributed by atoms with Gasteiger partial charge in [-0.05, 0) is 31.0 Å². The standard InChI is InChI=1S/C18H16N6OS/c25-26(15-5-2-6-15)16-8-13-9-22-24(18(13)19-10-16)14-4-1-3-12(7-14)17-20-11-21-23-17/h1,3-4,7-11,15H,2,5-6H2,(H,20,21,23)/t26-/m0/s1. The quantitative estimate of drug-likeness (QED) is 0.601. The fourth-order valence-corrected chi connectivity index (χ4v) is 4.65. The minimum absolute atomic E-state index is 0.280. The van der Waals surface area contributed by atoms with Crippen molar-refractivity contribution in [1.82, 2.24) is 29.9 Å². The third-order valence-corrected chi connectivity index (χ3v) is 6.51. The highest BCUT2D eigenvalue weighted by Gasteiger charge is 2.25. The molecule has 0 spiro atoms. The maximum absolute atomic E-state index is 12.6. The summed E-state index contributed by atoms with van der Waals surface area (Å²) in [5.41, 5.74) is 2.55. The lowest BCUT2D eigenvalue weighted by Gasteiger charge is -2.24. The van der Waals surface area contributed by atoms with Crippen LogP contribution in [0.15, 0.2) is 53.9 Å². The van der Waals surface area contributed by atoms with Gasteiger partial charge < -0.3 is 0 Å². The molecule has 1 N–H and O–H groups in total. The molecule has 5 rings (SSSR count). The third-order valence-electron chi connectivity index (χ3n) is 4.75. The molecule has 1 aliphatic carbocycles. The van der Waals surface area contributed by atoms with Gasteiger partial charge in [0.05, 0.1) is 27.6 Å². The Kier molecular flexibility index (Phi) is 3.63. The number of aromatic amines is 1. The highest BCUT2D eigenvalue weighted by molar-refractivity contribution is 7.85. The molecule has 7 nitrogen and oxygen atoms in total. The van der Waals surface area contributed by atoms with Gasteiger partial charge in [-0.3, -0.25) is 9.31 Å². The molecule has 0 saturated heterocycles. The van der Waals surface area contributed by atoms with Gasteiger partial charge in [-0.25, -0.2) is 14.6 Å². The molecule has 3 heterocycles. The van der Waals surface area contributed by atoms with Crippen LogP contribution in [0.25, 0.3) is 28.1 Å². The molecular weight excluding hydrogens is 348 g/mol. The second-order valence-electron chi connectivity index (χ2n) is 6.37. The number of hydrogen-bond acceptors (Lipinski definition) is 5. The fraction of sp³-hybridized carbons (Fsp3) is 0.222. The van der Waals surface area contributed by atoms with E-state index >= 15 is 0 Å². The zero-order valence-corrected chi connectivity index (χ0v) is 14.7. The summed E-state index contributed by atoms with van der Waals surface area (Å²) in [6.07, 6.45) is 8.22. The Morgan fingerprint density at radius 2 is 2.08 bits per heavy atom. The molecule has 1 aromatic carbocycles. The Labute approximate surface area is 151 Å². The van der Waals surface area contributed by atoms with Gasteiger partial charge in [0.1, 0.15) is 6.33 Å². The summed E-state index contributed by atoms with van der Waals surface area (Å²) < 4.78 is 14.3. The van der Waals surface area contributed by atoms with Gasteiger partial charge in [-0.1, -0.05) is 18.6 Å². The maximum Gasteiger partial charge on any atom is 0.162 e. The van der Waals surface area contributed by atoms with Crippen molar-refractivity contribution in [2.24, 2.45) is 0 Å². The molecule has 0 unspecified atom stereocenters. The first-order chi connectivity index (χ1) is 12.8. The van der Waals surface area contributed by atoms with E-state index in [4.69, 9.17) is 0 Å². The van der Waals surface area contributed by atoms with Crippen molar-refractivity contribution in [1.29, 1.82) is 0 Å². The molecule has 0 bridgehead atoms. The van der Waals surface area contributed by atoms with Crippen LogP contribution in [0.3, 0.4) is 0 Å². The Balaban J connectivity index is 1.54. The van der Waals surface area contributed by atoms with Crippen LogP contribution in [0, 0.1) is 0 Å². The van der Waals surface area contributed by atoms with Crippen LogP contribution in [0.4, 0.5) is 0 Å². The van der Waals surface area contributed by atoms with Crippen molar-refractivity contribution in [3.8, 4) is 17.1 Å². The predicted octanol–water partition coefficient (Wildman–Crippen LogP) is 2.87. The largest absolute Gasteiger partial charge is 0.259 e. The lowest BCUT2D eigenvalue weighted by Crippen LogP contribution is -2.23. The molecule has 1 saturated carbocycles. The summed E-state index contributed by atoms with van der Waals surface area (Å²) in [6.45, 7) is 0. The molecular formula is C18H16N6OS. The van der Waals surface area contributed by atoms with Gasteiger partial charge in [-0.15, -0.1) is 0 Å². The second-order valence-corrected chi connectivity index (χ2v) is 8.11. The van der Waals surface area contributed by atoms with Crippen LogP contribution in [-0.2, 0) is 10.8 Å². The normalized spacial score (nSPS) is 15.8. The Morgan fingerprint density at radius 3 is 2.85 bits per heavy atom. The minimum Gasteiger partial charge on any atom is -0.259 e. The minimum atomic E-state index is -0.975. The second kappa shape index (κ2) is 6.14. The van der Waals surface area contributed by atoms with Crippen molar-refractivity contribution >= 4 is 21.8 Å². The van der Waals surface area contributed by atoms with E-state index in [1.54, 1.807) is 17.1 Å². The number of nitrogens with zero attached hydrogens (tertiary/aromatic N) is 5. The van der Waals surface area contributed by atoms with Crippen LogP contribution in [0.1, 0.15) is 19.3 Å². The first-order valence-corrected chi connectivity index (χ1v) is 9.71. The van der Waals surface area contributed by atoms with Gasteiger partial charge in [0, 0.05) is 22.4 Å². The first kappa shape index (κ1) is 15.4. The van der Waals surface area contributed by atoms with Crippen LogP contribution in [0.5, 0.6) is 0 Å². The van der Waals surface area contributed by atoms with E-state index in [2.05, 4.69) is 25.3 Å². The van der Waals surface area contributed by atoms with Crippen molar-refractivity contribution in [3.63, 3.8) is 0 Å². The van der Waals surface area contributed by atoms with Crippen molar-refractivity contribution < 1.29 is 4.21 Å². The van der Waals surface area contributed by atoms with Crippen LogP contribution in [-0.4, -0.2) is 39.4 Å². The number of rotatable bonds is 4. The molecule has 4 aromatic rings. The summed E-state index contributed by atoms with van der Waals surface area (Å²) in [5.74, 6) is 0.703. The van der Waals surface area contributed by atoms with E-state index in [1.807, 2.05) is 30.3 Å². The van der Waals surface area contributed by atoms with E-state index in [-0.39, 0.29) is 5.25 Å². The summed E-state index contributed by atoms with van der Waals surface area (Å²) in [4.78, 5) is 9.52. The number of H-pyrrole nitrogens is 1. The number of aromatic nitrogens is 6. The average Bonchev–Trinajstić information content (AvgIpc) is 3.29. The van der Waals surface area contributed by atoms with Crippen LogP contribution < -0.4 is 0 Å². The highest BCUT2D eigenvalue weighted by Crippen LogP contribution is 2.29. The maximum atomic E-state index is 12.6. The molecule has 3 aromatic heterocycles. The molecule has 1 atom stereocenters. The summed E-state index contributed by atoms with van der Waals surface area (Å²) in [7, 11) is -0.975. The topological polar surface area (TPSA) is 89.3 Å². The third kappa shape index (κ3) is 2.53. The van der Waals surface area contributed by atoms with Crippen LogP contribution >= 0.6 is 0 Å². The van der Waals surface area contributed by atoms with Gasteiger partial charge in [0.25, 0.3) is 0 Å². The molecule has 0 radical (unpaired) electrons. The molecule has 1 fully saturated rings.